The zero-order valence-corrected chi connectivity index (χ0v) is 29.5. The van der Waals surface area contributed by atoms with Crippen LogP contribution in [0.15, 0.2) is 72.9 Å². The van der Waals surface area contributed by atoms with E-state index in [1.54, 1.807) is 0 Å². The van der Waals surface area contributed by atoms with Crippen LogP contribution in [0.5, 0.6) is 0 Å². The topological polar surface area (TPSA) is 135 Å². The van der Waals surface area contributed by atoms with Gasteiger partial charge in [0.05, 0.1) is 6.04 Å². The number of aliphatic hydroxyl groups excluding tert-OH is 1. The zero-order chi connectivity index (χ0) is 35.1. The van der Waals surface area contributed by atoms with Crippen LogP contribution in [0.25, 0.3) is 21.7 Å². The van der Waals surface area contributed by atoms with Crippen molar-refractivity contribution in [1.29, 1.82) is 0 Å². The molecule has 1 saturated heterocycles. The average molecular weight is 682 g/mol. The maximum atomic E-state index is 14.0. The molecule has 5 rings (SSSR count). The van der Waals surface area contributed by atoms with Gasteiger partial charge < -0.3 is 26.0 Å². The van der Waals surface area contributed by atoms with Gasteiger partial charge in [-0.15, -0.1) is 0 Å². The number of rotatable bonds is 7. The molecule has 268 valence electrons. The average Bonchev–Trinajstić information content (AvgIpc) is 3.53. The van der Waals surface area contributed by atoms with Gasteiger partial charge in [0, 0.05) is 29.9 Å². The first kappa shape index (κ1) is 37.1. The normalized spacial score (nSPS) is 22.7. The first-order valence-corrected chi connectivity index (χ1v) is 18.8. The van der Waals surface area contributed by atoms with Gasteiger partial charge in [0.2, 0.25) is 17.7 Å². The highest BCUT2D eigenvalue weighted by molar-refractivity contribution is 5.93. The fraction of sp³-hybridized carbons (Fsp3) is 0.488. The summed E-state index contributed by atoms with van der Waals surface area (Å²) in [5.41, 5.74) is 2.91. The van der Waals surface area contributed by atoms with E-state index in [-0.39, 0.29) is 17.7 Å². The van der Waals surface area contributed by atoms with Crippen LogP contribution in [0.2, 0.25) is 0 Å². The van der Waals surface area contributed by atoms with Crippen molar-refractivity contribution in [2.24, 2.45) is 0 Å². The van der Waals surface area contributed by atoms with Gasteiger partial charge in [-0.25, -0.2) is 0 Å². The predicted molar refractivity (Wildman–Crippen MR) is 201 cm³/mol. The van der Waals surface area contributed by atoms with Crippen molar-refractivity contribution in [2.75, 3.05) is 6.54 Å². The Bertz CT molecular complexity index is 1690. The van der Waals surface area contributed by atoms with Gasteiger partial charge in [0.15, 0.2) is 0 Å². The van der Waals surface area contributed by atoms with E-state index in [1.165, 1.54) is 0 Å². The van der Waals surface area contributed by atoms with Gasteiger partial charge in [-0.2, -0.15) is 0 Å². The van der Waals surface area contributed by atoms with Crippen LogP contribution < -0.4 is 21.3 Å². The molecule has 3 aromatic carbocycles. The van der Waals surface area contributed by atoms with E-state index >= 15 is 0 Å². The van der Waals surface area contributed by atoms with Crippen molar-refractivity contribution in [1.82, 2.24) is 26.3 Å². The first-order valence-electron chi connectivity index (χ1n) is 18.8. The molecule has 4 aromatic rings. The van der Waals surface area contributed by atoms with Crippen LogP contribution in [-0.2, 0) is 27.2 Å². The highest BCUT2D eigenvalue weighted by atomic mass is 16.3. The lowest BCUT2D eigenvalue weighted by Gasteiger charge is -2.28. The highest BCUT2D eigenvalue weighted by Crippen LogP contribution is 2.21. The number of H-pyrrole nitrogens is 1. The highest BCUT2D eigenvalue weighted by Gasteiger charge is 2.30. The maximum absolute atomic E-state index is 14.0. The van der Waals surface area contributed by atoms with Crippen LogP contribution >= 0.6 is 0 Å². The van der Waals surface area contributed by atoms with Gasteiger partial charge >= 0.3 is 0 Å². The Morgan fingerprint density at radius 1 is 0.720 bits per heavy atom. The molecular formula is C41H55N5O4. The summed E-state index contributed by atoms with van der Waals surface area (Å²) in [6.45, 7) is 2.69. The molecule has 2 heterocycles. The molecule has 1 aliphatic heterocycles. The Balaban J connectivity index is 1.38. The molecule has 1 unspecified atom stereocenters. The van der Waals surface area contributed by atoms with E-state index in [0.29, 0.717) is 32.2 Å². The van der Waals surface area contributed by atoms with E-state index in [4.69, 9.17) is 0 Å². The van der Waals surface area contributed by atoms with Crippen molar-refractivity contribution in [3.63, 3.8) is 0 Å². The first-order chi connectivity index (χ1) is 24.4. The Morgan fingerprint density at radius 2 is 1.42 bits per heavy atom. The second-order valence-electron chi connectivity index (χ2n) is 13.9. The number of carbonyl (C=O) groups is 3. The Morgan fingerprint density at radius 3 is 2.22 bits per heavy atom. The number of amides is 3. The van der Waals surface area contributed by atoms with Crippen LogP contribution in [0, 0.1) is 0 Å². The molecule has 6 N–H and O–H groups in total. The molecule has 1 fully saturated rings. The lowest BCUT2D eigenvalue weighted by Crippen LogP contribution is -2.58. The number of aromatic nitrogens is 1. The number of carbonyl (C=O) groups excluding carboxylic acids is 3. The van der Waals surface area contributed by atoms with E-state index < -0.39 is 24.4 Å². The summed E-state index contributed by atoms with van der Waals surface area (Å²) in [5, 5.41) is 27.0. The predicted octanol–water partition coefficient (Wildman–Crippen LogP) is 6.18. The van der Waals surface area contributed by atoms with Crippen LogP contribution in [0.4, 0.5) is 0 Å². The number of hydrogen-bond acceptors (Lipinski definition) is 5. The smallest absolute Gasteiger partial charge is 0.243 e. The number of benzene rings is 3. The number of aromatic amines is 1. The third-order valence-corrected chi connectivity index (χ3v) is 9.89. The van der Waals surface area contributed by atoms with Crippen molar-refractivity contribution in [2.45, 2.75) is 121 Å². The SMILES string of the molecule is CCCC[C@@H]1NC(=O)[C@@H](Cc2ccc3ccccc3c2)NC(=O)CCCCCCCCCCNC(O)[C@H](Cc2c[nH]c3ccccc23)NC1=O. The summed E-state index contributed by atoms with van der Waals surface area (Å²) in [7, 11) is 0. The Hall–Kier alpha value is -4.21. The third-order valence-electron chi connectivity index (χ3n) is 9.89. The molecule has 0 saturated carbocycles. The third kappa shape index (κ3) is 10.9. The minimum Gasteiger partial charge on any atom is -0.376 e. The van der Waals surface area contributed by atoms with Crippen LogP contribution in [0.3, 0.4) is 0 Å². The molecule has 0 spiro atoms. The van der Waals surface area contributed by atoms with Gasteiger partial charge in [-0.3, -0.25) is 19.7 Å². The number of para-hydroxylation sites is 1. The van der Waals surface area contributed by atoms with Crippen molar-refractivity contribution in [3.05, 3.63) is 84.1 Å². The lowest BCUT2D eigenvalue weighted by molar-refractivity contribution is -0.132. The lowest BCUT2D eigenvalue weighted by atomic mass is 9.99. The fourth-order valence-electron chi connectivity index (χ4n) is 6.95. The summed E-state index contributed by atoms with van der Waals surface area (Å²) >= 11 is 0. The summed E-state index contributed by atoms with van der Waals surface area (Å²) < 4.78 is 0. The number of unbranched alkanes of at least 4 members (excludes halogenated alkanes) is 1. The monoisotopic (exact) mass is 681 g/mol. The molecule has 9 nitrogen and oxygen atoms in total. The fourth-order valence-corrected chi connectivity index (χ4v) is 6.95. The number of nitrogens with one attached hydrogen (secondary N) is 5. The largest absolute Gasteiger partial charge is 0.376 e. The molecule has 1 aromatic heterocycles. The minimum atomic E-state index is -0.982. The van der Waals surface area contributed by atoms with E-state index in [0.717, 1.165) is 97.0 Å². The molecular weight excluding hydrogens is 626 g/mol. The summed E-state index contributed by atoms with van der Waals surface area (Å²) in [6.07, 6.45) is 12.2. The molecule has 1 aliphatic rings. The van der Waals surface area contributed by atoms with Crippen LogP contribution in [0.1, 0.15) is 95.1 Å². The van der Waals surface area contributed by atoms with Gasteiger partial charge in [0.1, 0.15) is 18.3 Å². The van der Waals surface area contributed by atoms with Crippen molar-refractivity contribution < 1.29 is 19.5 Å². The molecule has 0 radical (unpaired) electrons. The summed E-state index contributed by atoms with van der Waals surface area (Å²) in [6, 6.07) is 19.8. The quantitative estimate of drug-likeness (QED) is 0.139. The molecule has 0 aliphatic carbocycles. The molecule has 4 atom stereocenters. The zero-order valence-electron chi connectivity index (χ0n) is 29.5. The molecule has 3 amide bonds. The van der Waals surface area contributed by atoms with Gasteiger partial charge in [-0.1, -0.05) is 119 Å². The van der Waals surface area contributed by atoms with Gasteiger partial charge in [0.25, 0.3) is 0 Å². The van der Waals surface area contributed by atoms with E-state index in [2.05, 4.69) is 32.3 Å². The number of hydrogen-bond donors (Lipinski definition) is 6. The van der Waals surface area contributed by atoms with Crippen molar-refractivity contribution in [3.8, 4) is 0 Å². The maximum Gasteiger partial charge on any atom is 0.243 e. The molecule has 50 heavy (non-hydrogen) atoms. The Kier molecular flexibility index (Phi) is 14.3. The Labute approximate surface area is 296 Å². The second kappa shape index (κ2) is 19.3. The van der Waals surface area contributed by atoms with Crippen molar-refractivity contribution >= 4 is 39.4 Å². The van der Waals surface area contributed by atoms with E-state index in [9.17, 15) is 19.5 Å². The minimum absolute atomic E-state index is 0.153. The molecule has 9 heteroatoms. The summed E-state index contributed by atoms with van der Waals surface area (Å²) in [4.78, 5) is 44.6. The van der Waals surface area contributed by atoms with Gasteiger partial charge in [-0.05, 0) is 60.2 Å². The molecule has 0 bridgehead atoms. The number of fused-ring (bicyclic) bond motifs is 2. The van der Waals surface area contributed by atoms with E-state index in [1.807, 2.05) is 73.8 Å². The summed E-state index contributed by atoms with van der Waals surface area (Å²) in [5.74, 6) is -0.890. The second-order valence-corrected chi connectivity index (χ2v) is 13.9. The number of aliphatic hydroxyl groups is 1. The van der Waals surface area contributed by atoms with Crippen LogP contribution in [-0.4, -0.2) is 58.7 Å². The standard InChI is InChI=1S/C41H55N5O4/c1-2-3-19-35-40(49)46-37(27-32-28-43-34-20-14-13-18-33(32)34)39(48)42-24-15-9-7-5-4-6-8-10-21-38(47)44-36(41(50)45-35)26-29-22-23-30-16-11-12-17-31(30)25-29/h11-14,16-18,20,22-23,25,28,35-37,39,42-43,48H,2-10,15,19,21,24,26-27H2,1H3,(H,44,47)(H,45,50)(H,46,49)/t35-,36+,37-,39?/m0/s1.